The van der Waals surface area contributed by atoms with E-state index in [-0.39, 0.29) is 0 Å². The van der Waals surface area contributed by atoms with Crippen molar-refractivity contribution in [2.45, 2.75) is 39.7 Å². The lowest BCUT2D eigenvalue weighted by molar-refractivity contribution is 0.366. The molecular weight excluding hydrogens is 298 g/mol. The van der Waals surface area contributed by atoms with Gasteiger partial charge in [0.25, 0.3) is 0 Å². The second kappa shape index (κ2) is 6.71. The van der Waals surface area contributed by atoms with Gasteiger partial charge < -0.3 is 5.32 Å². The van der Waals surface area contributed by atoms with E-state index in [0.29, 0.717) is 6.04 Å². The Morgan fingerprint density at radius 1 is 1.37 bits per heavy atom. The minimum Gasteiger partial charge on any atom is -0.310 e. The Morgan fingerprint density at radius 3 is 2.79 bits per heavy atom. The van der Waals surface area contributed by atoms with Gasteiger partial charge in [-0.15, -0.1) is 0 Å². The molecular formula is C17H24BrN. The van der Waals surface area contributed by atoms with Crippen molar-refractivity contribution in [3.63, 3.8) is 0 Å². The van der Waals surface area contributed by atoms with Crippen LogP contribution in [0.5, 0.6) is 0 Å². The third kappa shape index (κ3) is 4.19. The van der Waals surface area contributed by atoms with Crippen molar-refractivity contribution < 1.29 is 0 Å². The molecule has 0 radical (unpaired) electrons. The summed E-state index contributed by atoms with van der Waals surface area (Å²) >= 11 is 3.63. The highest BCUT2D eigenvalue weighted by Crippen LogP contribution is 2.28. The number of hydrogen-bond acceptors (Lipinski definition) is 1. The van der Waals surface area contributed by atoms with Gasteiger partial charge in [0.15, 0.2) is 0 Å². The van der Waals surface area contributed by atoms with Crippen LogP contribution in [0.2, 0.25) is 0 Å². The summed E-state index contributed by atoms with van der Waals surface area (Å²) in [6.07, 6.45) is 4.99. The number of halogens is 1. The molecule has 3 unspecified atom stereocenters. The van der Waals surface area contributed by atoms with Crippen molar-refractivity contribution in [3.05, 3.63) is 46.0 Å². The SMILES string of the molecule is CC1=CC(C)CC(CNC(C)c2ccccc2Br)C1. The summed E-state index contributed by atoms with van der Waals surface area (Å²) < 4.78 is 1.20. The first-order valence-electron chi connectivity index (χ1n) is 7.21. The Balaban J connectivity index is 1.89. The molecule has 1 nitrogen and oxygen atoms in total. The molecule has 1 aromatic carbocycles. The Labute approximate surface area is 125 Å². The normalized spacial score (nSPS) is 24.9. The summed E-state index contributed by atoms with van der Waals surface area (Å²) in [4.78, 5) is 0. The first-order chi connectivity index (χ1) is 9.06. The minimum atomic E-state index is 0.400. The quantitative estimate of drug-likeness (QED) is 0.761. The van der Waals surface area contributed by atoms with Gasteiger partial charge in [-0.3, -0.25) is 0 Å². The van der Waals surface area contributed by atoms with Gasteiger partial charge in [-0.25, -0.2) is 0 Å². The van der Waals surface area contributed by atoms with Crippen LogP contribution < -0.4 is 5.32 Å². The van der Waals surface area contributed by atoms with Crippen molar-refractivity contribution >= 4 is 15.9 Å². The molecule has 0 amide bonds. The van der Waals surface area contributed by atoms with Gasteiger partial charge in [0.2, 0.25) is 0 Å². The minimum absolute atomic E-state index is 0.400. The molecule has 0 aromatic heterocycles. The predicted molar refractivity (Wildman–Crippen MR) is 86.2 cm³/mol. The Hall–Kier alpha value is -0.600. The van der Waals surface area contributed by atoms with Crippen LogP contribution in [0.3, 0.4) is 0 Å². The van der Waals surface area contributed by atoms with E-state index in [1.165, 1.54) is 22.9 Å². The van der Waals surface area contributed by atoms with Gasteiger partial charge >= 0.3 is 0 Å². The van der Waals surface area contributed by atoms with Gasteiger partial charge in [-0.2, -0.15) is 0 Å². The van der Waals surface area contributed by atoms with E-state index < -0.39 is 0 Å². The van der Waals surface area contributed by atoms with Crippen LogP contribution in [0.1, 0.15) is 45.2 Å². The van der Waals surface area contributed by atoms with Crippen LogP contribution in [0.4, 0.5) is 0 Å². The number of allylic oxidation sites excluding steroid dienone is 2. The van der Waals surface area contributed by atoms with E-state index in [1.807, 2.05) is 0 Å². The Kier molecular flexibility index (Phi) is 5.23. The maximum Gasteiger partial charge on any atom is 0.0303 e. The van der Waals surface area contributed by atoms with Crippen molar-refractivity contribution in [1.29, 1.82) is 0 Å². The number of benzene rings is 1. The molecule has 1 aliphatic rings. The molecule has 0 saturated carbocycles. The molecule has 0 aliphatic heterocycles. The van der Waals surface area contributed by atoms with Crippen molar-refractivity contribution in [1.82, 2.24) is 5.32 Å². The molecule has 2 rings (SSSR count). The standard InChI is InChI=1S/C17H24BrN/c1-12-8-13(2)10-15(9-12)11-19-14(3)16-6-4-5-7-17(16)18/h4-8,12,14-15,19H,9-11H2,1-3H3. The third-order valence-electron chi connectivity index (χ3n) is 3.97. The van der Waals surface area contributed by atoms with Crippen LogP contribution in [0, 0.1) is 11.8 Å². The molecule has 0 bridgehead atoms. The van der Waals surface area contributed by atoms with E-state index in [2.05, 4.69) is 72.4 Å². The van der Waals surface area contributed by atoms with E-state index in [4.69, 9.17) is 0 Å². The van der Waals surface area contributed by atoms with Gasteiger partial charge in [0.1, 0.15) is 0 Å². The summed E-state index contributed by atoms with van der Waals surface area (Å²) in [5.41, 5.74) is 2.90. The van der Waals surface area contributed by atoms with Crippen molar-refractivity contribution in [2.75, 3.05) is 6.54 Å². The highest BCUT2D eigenvalue weighted by Gasteiger charge is 2.19. The average Bonchev–Trinajstić information content (AvgIpc) is 2.35. The molecule has 1 aliphatic carbocycles. The monoisotopic (exact) mass is 321 g/mol. The Bertz CT molecular complexity index is 452. The van der Waals surface area contributed by atoms with Crippen molar-refractivity contribution in [2.24, 2.45) is 11.8 Å². The summed E-state index contributed by atoms with van der Waals surface area (Å²) in [5, 5.41) is 3.69. The summed E-state index contributed by atoms with van der Waals surface area (Å²) in [5.74, 6) is 1.52. The average molecular weight is 322 g/mol. The fourth-order valence-electron chi connectivity index (χ4n) is 3.12. The Morgan fingerprint density at radius 2 is 2.11 bits per heavy atom. The first-order valence-corrected chi connectivity index (χ1v) is 8.00. The lowest BCUT2D eigenvalue weighted by Crippen LogP contribution is -2.28. The fraction of sp³-hybridized carbons (Fsp3) is 0.529. The van der Waals surface area contributed by atoms with Crippen LogP contribution in [-0.2, 0) is 0 Å². The molecule has 0 spiro atoms. The lowest BCUT2D eigenvalue weighted by Gasteiger charge is -2.27. The van der Waals surface area contributed by atoms with Gasteiger partial charge in [0.05, 0.1) is 0 Å². The van der Waals surface area contributed by atoms with E-state index in [1.54, 1.807) is 5.57 Å². The molecule has 1 aromatic rings. The van der Waals surface area contributed by atoms with Gasteiger partial charge in [0, 0.05) is 10.5 Å². The summed E-state index contributed by atoms with van der Waals surface area (Å²) in [6, 6.07) is 8.88. The zero-order valence-corrected chi connectivity index (χ0v) is 13.7. The lowest BCUT2D eigenvalue weighted by atomic mass is 9.83. The number of hydrogen-bond donors (Lipinski definition) is 1. The molecule has 1 N–H and O–H groups in total. The van der Waals surface area contributed by atoms with E-state index in [9.17, 15) is 0 Å². The highest BCUT2D eigenvalue weighted by atomic mass is 79.9. The second-order valence-corrected chi connectivity index (χ2v) is 6.80. The maximum atomic E-state index is 3.69. The van der Waals surface area contributed by atoms with Crippen LogP contribution in [-0.4, -0.2) is 6.54 Å². The number of nitrogens with one attached hydrogen (secondary N) is 1. The molecule has 2 heteroatoms. The maximum absolute atomic E-state index is 3.69. The van der Waals surface area contributed by atoms with Crippen LogP contribution >= 0.6 is 15.9 Å². The van der Waals surface area contributed by atoms with Crippen molar-refractivity contribution in [3.8, 4) is 0 Å². The highest BCUT2D eigenvalue weighted by molar-refractivity contribution is 9.10. The predicted octanol–water partition coefficient (Wildman–Crippen LogP) is 5.09. The third-order valence-corrected chi connectivity index (χ3v) is 4.69. The van der Waals surface area contributed by atoms with E-state index >= 15 is 0 Å². The molecule has 3 atom stereocenters. The van der Waals surface area contributed by atoms with Crippen LogP contribution in [0.25, 0.3) is 0 Å². The van der Waals surface area contributed by atoms with E-state index in [0.717, 1.165) is 18.4 Å². The summed E-state index contributed by atoms with van der Waals surface area (Å²) in [7, 11) is 0. The zero-order valence-electron chi connectivity index (χ0n) is 12.1. The zero-order chi connectivity index (χ0) is 13.8. The largest absolute Gasteiger partial charge is 0.310 e. The molecule has 0 fully saturated rings. The fourth-order valence-corrected chi connectivity index (χ4v) is 3.75. The molecule has 104 valence electrons. The smallest absolute Gasteiger partial charge is 0.0303 e. The summed E-state index contributed by atoms with van der Waals surface area (Å²) in [6.45, 7) is 7.94. The second-order valence-electron chi connectivity index (χ2n) is 5.95. The van der Waals surface area contributed by atoms with Gasteiger partial charge in [-0.1, -0.05) is 52.7 Å². The topological polar surface area (TPSA) is 12.0 Å². The first kappa shape index (κ1) is 14.8. The van der Waals surface area contributed by atoms with Gasteiger partial charge in [-0.05, 0) is 56.7 Å². The molecule has 0 saturated heterocycles. The molecule has 0 heterocycles. The molecule has 19 heavy (non-hydrogen) atoms. The number of rotatable bonds is 4. The van der Waals surface area contributed by atoms with Crippen LogP contribution in [0.15, 0.2) is 40.4 Å².